The first-order chi connectivity index (χ1) is 6.59. The summed E-state index contributed by atoms with van der Waals surface area (Å²) < 4.78 is 13.5. The molecule has 0 fully saturated rings. The standard InChI is InChI=1S/C10H12FN3/c1-5(2)6-3-7-9(4-8(6)11)13-14-10(7)12/h3-5H,1-2H3,(H3,12,13,14). The minimum atomic E-state index is -0.212. The molecule has 1 heterocycles. The third kappa shape index (κ3) is 1.23. The van der Waals surface area contributed by atoms with Crippen LogP contribution in [0.4, 0.5) is 10.2 Å². The Kier molecular flexibility index (Phi) is 1.91. The fourth-order valence-electron chi connectivity index (χ4n) is 1.52. The molecule has 4 heteroatoms. The summed E-state index contributed by atoms with van der Waals surface area (Å²) in [5, 5.41) is 7.29. The van der Waals surface area contributed by atoms with Gasteiger partial charge in [-0.1, -0.05) is 13.8 Å². The van der Waals surface area contributed by atoms with Crippen LogP contribution in [0.15, 0.2) is 12.1 Å². The van der Waals surface area contributed by atoms with Crippen molar-refractivity contribution in [2.75, 3.05) is 5.73 Å². The molecule has 0 unspecified atom stereocenters. The van der Waals surface area contributed by atoms with Gasteiger partial charge in [0.2, 0.25) is 0 Å². The molecule has 0 aliphatic rings. The zero-order valence-electron chi connectivity index (χ0n) is 8.13. The number of halogens is 1. The van der Waals surface area contributed by atoms with Crippen molar-refractivity contribution in [3.05, 3.63) is 23.5 Å². The van der Waals surface area contributed by atoms with Crippen LogP contribution in [0.2, 0.25) is 0 Å². The van der Waals surface area contributed by atoms with Crippen LogP contribution in [0.1, 0.15) is 25.3 Å². The maximum atomic E-state index is 13.5. The van der Waals surface area contributed by atoms with Crippen molar-refractivity contribution in [1.82, 2.24) is 10.2 Å². The Hall–Kier alpha value is -1.58. The number of aromatic amines is 1. The monoisotopic (exact) mass is 193 g/mol. The van der Waals surface area contributed by atoms with E-state index < -0.39 is 0 Å². The number of fused-ring (bicyclic) bond motifs is 1. The molecular formula is C10H12FN3. The highest BCUT2D eigenvalue weighted by molar-refractivity contribution is 5.89. The van der Waals surface area contributed by atoms with Gasteiger partial charge < -0.3 is 5.73 Å². The molecule has 0 aliphatic carbocycles. The van der Waals surface area contributed by atoms with Gasteiger partial charge in [0.15, 0.2) is 5.82 Å². The first-order valence-electron chi connectivity index (χ1n) is 4.52. The number of aromatic nitrogens is 2. The molecule has 2 aromatic rings. The van der Waals surface area contributed by atoms with E-state index in [1.165, 1.54) is 6.07 Å². The Morgan fingerprint density at radius 3 is 2.79 bits per heavy atom. The highest BCUT2D eigenvalue weighted by atomic mass is 19.1. The van der Waals surface area contributed by atoms with Gasteiger partial charge in [-0.3, -0.25) is 5.10 Å². The summed E-state index contributed by atoms with van der Waals surface area (Å²) in [4.78, 5) is 0. The minimum absolute atomic E-state index is 0.147. The van der Waals surface area contributed by atoms with Crippen LogP contribution in [0.25, 0.3) is 10.9 Å². The number of rotatable bonds is 1. The fourth-order valence-corrected chi connectivity index (χ4v) is 1.52. The molecule has 2 rings (SSSR count). The molecule has 0 aliphatic heterocycles. The van der Waals surface area contributed by atoms with Crippen molar-refractivity contribution in [3.8, 4) is 0 Å². The Morgan fingerprint density at radius 2 is 2.14 bits per heavy atom. The lowest BCUT2D eigenvalue weighted by Gasteiger charge is -2.06. The van der Waals surface area contributed by atoms with Crippen LogP contribution in [0, 0.1) is 5.82 Å². The maximum Gasteiger partial charge on any atom is 0.153 e. The summed E-state index contributed by atoms with van der Waals surface area (Å²) >= 11 is 0. The molecule has 74 valence electrons. The highest BCUT2D eigenvalue weighted by Gasteiger charge is 2.11. The molecule has 1 aromatic carbocycles. The second-order valence-electron chi connectivity index (χ2n) is 3.68. The van der Waals surface area contributed by atoms with Crippen LogP contribution in [-0.2, 0) is 0 Å². The molecule has 0 atom stereocenters. The van der Waals surface area contributed by atoms with Crippen molar-refractivity contribution in [2.45, 2.75) is 19.8 Å². The number of nitrogen functional groups attached to an aromatic ring is 1. The molecule has 0 radical (unpaired) electrons. The lowest BCUT2D eigenvalue weighted by molar-refractivity contribution is 0.600. The van der Waals surface area contributed by atoms with Crippen LogP contribution < -0.4 is 5.73 Å². The minimum Gasteiger partial charge on any atom is -0.382 e. The molecular weight excluding hydrogens is 181 g/mol. The quantitative estimate of drug-likeness (QED) is 0.730. The average Bonchev–Trinajstić information content (AvgIpc) is 2.46. The molecule has 0 bridgehead atoms. The van der Waals surface area contributed by atoms with Gasteiger partial charge in [0.25, 0.3) is 0 Å². The number of hydrogen-bond donors (Lipinski definition) is 2. The normalized spacial score (nSPS) is 11.4. The molecule has 3 N–H and O–H groups in total. The number of nitrogens with one attached hydrogen (secondary N) is 1. The molecule has 14 heavy (non-hydrogen) atoms. The molecule has 1 aromatic heterocycles. The van der Waals surface area contributed by atoms with Gasteiger partial charge >= 0.3 is 0 Å². The second-order valence-corrected chi connectivity index (χ2v) is 3.68. The van der Waals surface area contributed by atoms with Gasteiger partial charge in [0.1, 0.15) is 5.82 Å². The van der Waals surface area contributed by atoms with E-state index in [1.54, 1.807) is 6.07 Å². The van der Waals surface area contributed by atoms with Gasteiger partial charge in [-0.25, -0.2) is 4.39 Å². The van der Waals surface area contributed by atoms with Crippen LogP contribution in [0.5, 0.6) is 0 Å². The highest BCUT2D eigenvalue weighted by Crippen LogP contribution is 2.26. The first kappa shape index (κ1) is 8.99. The second kappa shape index (κ2) is 2.97. The zero-order valence-corrected chi connectivity index (χ0v) is 8.13. The SMILES string of the molecule is CC(C)c1cc2c(N)n[nH]c2cc1F. The first-order valence-corrected chi connectivity index (χ1v) is 4.52. The van der Waals surface area contributed by atoms with Crippen molar-refractivity contribution < 1.29 is 4.39 Å². The largest absolute Gasteiger partial charge is 0.382 e. The van der Waals surface area contributed by atoms with E-state index in [2.05, 4.69) is 10.2 Å². The number of benzene rings is 1. The summed E-state index contributed by atoms with van der Waals surface area (Å²) in [5.41, 5.74) is 6.95. The number of nitrogens with two attached hydrogens (primary N) is 1. The smallest absolute Gasteiger partial charge is 0.153 e. The lowest BCUT2D eigenvalue weighted by atomic mass is 10.0. The Labute approximate surface area is 81.1 Å². The van der Waals surface area contributed by atoms with Gasteiger partial charge in [-0.15, -0.1) is 0 Å². The van der Waals surface area contributed by atoms with Gasteiger partial charge in [-0.05, 0) is 23.6 Å². The van der Waals surface area contributed by atoms with E-state index in [9.17, 15) is 4.39 Å². The zero-order chi connectivity index (χ0) is 10.3. The summed E-state index contributed by atoms with van der Waals surface area (Å²) in [7, 11) is 0. The van der Waals surface area contributed by atoms with Crippen molar-refractivity contribution in [1.29, 1.82) is 0 Å². The Bertz CT molecular complexity index is 473. The molecule has 0 spiro atoms. The van der Waals surface area contributed by atoms with Crippen molar-refractivity contribution >= 4 is 16.7 Å². The van der Waals surface area contributed by atoms with Gasteiger partial charge in [-0.2, -0.15) is 5.10 Å². The molecule has 0 saturated carbocycles. The van der Waals surface area contributed by atoms with E-state index in [1.807, 2.05) is 13.8 Å². The summed E-state index contributed by atoms with van der Waals surface area (Å²) in [6, 6.07) is 3.20. The lowest BCUT2D eigenvalue weighted by Crippen LogP contribution is -1.93. The predicted molar refractivity (Wildman–Crippen MR) is 54.6 cm³/mol. The number of anilines is 1. The van der Waals surface area contributed by atoms with Crippen LogP contribution in [-0.4, -0.2) is 10.2 Å². The van der Waals surface area contributed by atoms with Gasteiger partial charge in [0, 0.05) is 5.39 Å². The third-order valence-corrected chi connectivity index (χ3v) is 2.33. The fraction of sp³-hybridized carbons (Fsp3) is 0.300. The van der Waals surface area contributed by atoms with E-state index in [0.717, 1.165) is 5.39 Å². The molecule has 0 amide bonds. The van der Waals surface area contributed by atoms with Crippen molar-refractivity contribution in [2.24, 2.45) is 0 Å². The maximum absolute atomic E-state index is 13.5. The Balaban J connectivity index is 2.74. The third-order valence-electron chi connectivity index (χ3n) is 2.33. The van der Waals surface area contributed by atoms with Gasteiger partial charge in [0.05, 0.1) is 5.52 Å². The Morgan fingerprint density at radius 1 is 1.43 bits per heavy atom. The summed E-state index contributed by atoms with van der Waals surface area (Å²) in [5.74, 6) is 0.353. The van der Waals surface area contributed by atoms with E-state index in [4.69, 9.17) is 5.73 Å². The number of H-pyrrole nitrogens is 1. The topological polar surface area (TPSA) is 54.7 Å². The van der Waals surface area contributed by atoms with E-state index >= 15 is 0 Å². The average molecular weight is 193 g/mol. The summed E-state index contributed by atoms with van der Waals surface area (Å²) in [6.45, 7) is 3.89. The van der Waals surface area contributed by atoms with E-state index in [-0.39, 0.29) is 11.7 Å². The van der Waals surface area contributed by atoms with Crippen molar-refractivity contribution in [3.63, 3.8) is 0 Å². The molecule has 0 saturated heterocycles. The summed E-state index contributed by atoms with van der Waals surface area (Å²) in [6.07, 6.45) is 0. The van der Waals surface area contributed by atoms with Crippen LogP contribution in [0.3, 0.4) is 0 Å². The van der Waals surface area contributed by atoms with Crippen LogP contribution >= 0.6 is 0 Å². The van der Waals surface area contributed by atoms with E-state index in [0.29, 0.717) is 16.9 Å². The number of hydrogen-bond acceptors (Lipinski definition) is 2. The number of nitrogens with zero attached hydrogens (tertiary/aromatic N) is 1. The molecule has 3 nitrogen and oxygen atoms in total. The predicted octanol–water partition coefficient (Wildman–Crippen LogP) is 2.41.